The number of nitrogens with zero attached hydrogens (tertiary/aromatic N) is 1. The van der Waals surface area contributed by atoms with Gasteiger partial charge in [-0.15, -0.1) is 0 Å². The highest BCUT2D eigenvalue weighted by atomic mass is 19.2. The molecule has 0 aliphatic heterocycles. The van der Waals surface area contributed by atoms with Crippen molar-refractivity contribution < 1.29 is 31.6 Å². The van der Waals surface area contributed by atoms with Crippen molar-refractivity contribution in [1.82, 2.24) is 4.57 Å². The summed E-state index contributed by atoms with van der Waals surface area (Å²) in [6.07, 6.45) is 2.47. The van der Waals surface area contributed by atoms with Crippen LogP contribution in [0.15, 0.2) is 23.1 Å². The number of benzene rings is 1. The van der Waals surface area contributed by atoms with Crippen LogP contribution in [-0.2, 0) is 4.65 Å². The molecule has 1 aliphatic rings. The van der Waals surface area contributed by atoms with Crippen molar-refractivity contribution in [3.8, 4) is 5.75 Å². The van der Waals surface area contributed by atoms with Gasteiger partial charge in [-0.05, 0) is 18.9 Å². The minimum absolute atomic E-state index is 0.107. The minimum atomic E-state index is -3.39. The lowest BCUT2D eigenvalue weighted by Gasteiger charge is -2.15. The average Bonchev–Trinajstić information content (AvgIpc) is 3.32. The Morgan fingerprint density at radius 2 is 2.04 bits per heavy atom. The van der Waals surface area contributed by atoms with Gasteiger partial charge in [0.05, 0.1) is 10.9 Å². The number of hydrogen-bond acceptors (Lipinski definition) is 4. The molecule has 1 aromatic heterocycles. The normalized spacial score (nSPS) is 13.8. The van der Waals surface area contributed by atoms with Gasteiger partial charge in [0.15, 0.2) is 0 Å². The molecule has 0 radical (unpaired) electrons. The van der Waals surface area contributed by atoms with E-state index < -0.39 is 37.1 Å². The lowest BCUT2D eigenvalue weighted by molar-refractivity contribution is 0.0693. The summed E-state index contributed by atoms with van der Waals surface area (Å²) in [7, 11) is -3.39. The Kier molecular flexibility index (Phi) is 4.21. The second kappa shape index (κ2) is 6.18. The van der Waals surface area contributed by atoms with Crippen LogP contribution in [-0.4, -0.2) is 24.9 Å². The molecule has 0 amide bonds. The van der Waals surface area contributed by atoms with E-state index in [1.54, 1.807) is 0 Å². The molecule has 1 heterocycles. The number of pyridine rings is 1. The summed E-state index contributed by atoms with van der Waals surface area (Å²) < 4.78 is 60.7. The molecule has 1 aliphatic carbocycles. The minimum Gasteiger partial charge on any atom is -0.474 e. The fourth-order valence-corrected chi connectivity index (χ4v) is 2.52. The van der Waals surface area contributed by atoms with Crippen molar-refractivity contribution in [2.45, 2.75) is 18.9 Å². The standard InChI is InChI=1S/C14H10BF4NO4/c16-6-23-11-4-7(17)3-9-12(11)20(8-1-2-8)5-10(13(9)21)14(22)24-15(18)19/h3-5,8H,1-2,6H2. The summed E-state index contributed by atoms with van der Waals surface area (Å²) in [6, 6.07) is 1.64. The third-order valence-electron chi connectivity index (χ3n) is 3.62. The van der Waals surface area contributed by atoms with Gasteiger partial charge in [0, 0.05) is 18.3 Å². The molecule has 0 atom stereocenters. The quantitative estimate of drug-likeness (QED) is 0.619. The molecule has 0 N–H and O–H groups in total. The number of halogens is 4. The van der Waals surface area contributed by atoms with Gasteiger partial charge in [-0.2, -0.15) is 0 Å². The fraction of sp³-hybridized carbons (Fsp3) is 0.286. The molecule has 5 nitrogen and oxygen atoms in total. The largest absolute Gasteiger partial charge is 0.798 e. The van der Waals surface area contributed by atoms with Crippen LogP contribution >= 0.6 is 0 Å². The molecule has 10 heteroatoms. The molecule has 3 rings (SSSR count). The summed E-state index contributed by atoms with van der Waals surface area (Å²) in [5.41, 5.74) is -1.53. The molecule has 1 aromatic carbocycles. The van der Waals surface area contributed by atoms with E-state index in [-0.39, 0.29) is 22.7 Å². The molecule has 24 heavy (non-hydrogen) atoms. The highest BCUT2D eigenvalue weighted by molar-refractivity contribution is 6.38. The van der Waals surface area contributed by atoms with Gasteiger partial charge in [0.25, 0.3) is 0 Å². The third-order valence-corrected chi connectivity index (χ3v) is 3.62. The van der Waals surface area contributed by atoms with Gasteiger partial charge in [-0.1, -0.05) is 0 Å². The van der Waals surface area contributed by atoms with Crippen molar-refractivity contribution in [3.05, 3.63) is 39.9 Å². The highest BCUT2D eigenvalue weighted by Gasteiger charge is 2.31. The van der Waals surface area contributed by atoms with Crippen LogP contribution in [0.4, 0.5) is 17.4 Å². The number of carbonyl (C=O) groups excluding carboxylic acids is 1. The number of ether oxygens (including phenoxy) is 1. The summed E-state index contributed by atoms with van der Waals surface area (Å²) in [4.78, 5) is 24.1. The summed E-state index contributed by atoms with van der Waals surface area (Å²) in [6.45, 7) is -1.24. The first-order valence-corrected chi connectivity index (χ1v) is 6.98. The maximum Gasteiger partial charge on any atom is 0.798 e. The fourth-order valence-electron chi connectivity index (χ4n) is 2.52. The zero-order chi connectivity index (χ0) is 17.4. The molecule has 0 saturated heterocycles. The van der Waals surface area contributed by atoms with Gasteiger partial charge in [-0.3, -0.25) is 4.79 Å². The predicted molar refractivity (Wildman–Crippen MR) is 76.4 cm³/mol. The Morgan fingerprint density at radius 1 is 1.33 bits per heavy atom. The molecule has 0 unspecified atom stereocenters. The van der Waals surface area contributed by atoms with Crippen LogP contribution in [0.3, 0.4) is 0 Å². The first kappa shape index (κ1) is 16.3. The smallest absolute Gasteiger partial charge is 0.474 e. The predicted octanol–water partition coefficient (Wildman–Crippen LogP) is 2.86. The van der Waals surface area contributed by atoms with E-state index in [4.69, 9.17) is 4.74 Å². The highest BCUT2D eigenvalue weighted by Crippen LogP contribution is 2.39. The number of hydrogen-bond donors (Lipinski definition) is 0. The van der Waals surface area contributed by atoms with Crippen molar-refractivity contribution in [1.29, 1.82) is 0 Å². The van der Waals surface area contributed by atoms with E-state index in [0.29, 0.717) is 12.8 Å². The molecular weight excluding hydrogens is 333 g/mol. The zero-order valence-corrected chi connectivity index (χ0v) is 12.1. The lowest BCUT2D eigenvalue weighted by Crippen LogP contribution is -2.23. The SMILES string of the molecule is O=C(OB(F)F)c1cn(C2CC2)c2c(OCF)cc(F)cc2c1=O. The van der Waals surface area contributed by atoms with Crippen LogP contribution in [0.2, 0.25) is 0 Å². The third kappa shape index (κ3) is 2.95. The van der Waals surface area contributed by atoms with E-state index in [1.165, 1.54) is 4.57 Å². The Labute approximate surface area is 133 Å². The number of fused-ring (bicyclic) bond motifs is 1. The van der Waals surface area contributed by atoms with Crippen LogP contribution < -0.4 is 10.2 Å². The van der Waals surface area contributed by atoms with Crippen LogP contribution in [0.25, 0.3) is 10.9 Å². The van der Waals surface area contributed by atoms with Crippen molar-refractivity contribution in [2.75, 3.05) is 6.86 Å². The van der Waals surface area contributed by atoms with Gasteiger partial charge >= 0.3 is 13.4 Å². The van der Waals surface area contributed by atoms with Crippen molar-refractivity contribution >= 4 is 24.3 Å². The Hall–Kier alpha value is -2.52. The Bertz CT molecular complexity index is 866. The van der Waals surface area contributed by atoms with Crippen LogP contribution in [0, 0.1) is 5.82 Å². The van der Waals surface area contributed by atoms with Gasteiger partial charge in [-0.25, -0.2) is 22.2 Å². The monoisotopic (exact) mass is 343 g/mol. The second-order valence-electron chi connectivity index (χ2n) is 5.23. The average molecular weight is 343 g/mol. The number of aromatic nitrogens is 1. The van der Waals surface area contributed by atoms with Crippen molar-refractivity contribution in [2.24, 2.45) is 0 Å². The first-order chi connectivity index (χ1) is 11.4. The topological polar surface area (TPSA) is 57.5 Å². The zero-order valence-electron chi connectivity index (χ0n) is 12.1. The summed E-state index contributed by atoms with van der Waals surface area (Å²) >= 11 is 0. The van der Waals surface area contributed by atoms with Crippen LogP contribution in [0.1, 0.15) is 29.2 Å². The molecule has 1 fully saturated rings. The summed E-state index contributed by atoms with van der Waals surface area (Å²) in [5, 5.41) is -0.269. The van der Waals surface area contributed by atoms with E-state index in [2.05, 4.69) is 4.65 Å². The van der Waals surface area contributed by atoms with E-state index in [0.717, 1.165) is 18.3 Å². The number of rotatable bonds is 5. The first-order valence-electron chi connectivity index (χ1n) is 6.98. The molecule has 1 saturated carbocycles. The molecule has 0 spiro atoms. The maximum atomic E-state index is 13.7. The van der Waals surface area contributed by atoms with Gasteiger partial charge in [0.2, 0.25) is 12.3 Å². The maximum absolute atomic E-state index is 13.7. The molecule has 0 bridgehead atoms. The molecule has 126 valence electrons. The second-order valence-corrected chi connectivity index (χ2v) is 5.23. The van der Waals surface area contributed by atoms with Crippen molar-refractivity contribution in [3.63, 3.8) is 0 Å². The Morgan fingerprint density at radius 3 is 2.62 bits per heavy atom. The Balaban J connectivity index is 2.28. The van der Waals surface area contributed by atoms with Gasteiger partial charge in [0.1, 0.15) is 17.1 Å². The van der Waals surface area contributed by atoms with Crippen LogP contribution in [0.5, 0.6) is 5.75 Å². The lowest BCUT2D eigenvalue weighted by atomic mass is 10.1. The number of alkyl halides is 1. The summed E-state index contributed by atoms with van der Waals surface area (Å²) in [5.74, 6) is -2.60. The molecular formula is C14H10BF4NO4. The molecule has 2 aromatic rings. The van der Waals surface area contributed by atoms with E-state index >= 15 is 0 Å². The van der Waals surface area contributed by atoms with E-state index in [1.807, 2.05) is 0 Å². The van der Waals surface area contributed by atoms with E-state index in [9.17, 15) is 27.0 Å². The number of carbonyl (C=O) groups is 1. The van der Waals surface area contributed by atoms with Gasteiger partial charge < -0.3 is 14.0 Å².